The lowest BCUT2D eigenvalue weighted by Gasteiger charge is -2.11. The summed E-state index contributed by atoms with van der Waals surface area (Å²) in [4.78, 5) is 12.1. The molecule has 3 aromatic carbocycles. The zero-order chi connectivity index (χ0) is 19.8. The fourth-order valence-corrected chi connectivity index (χ4v) is 2.79. The minimum Gasteiger partial charge on any atom is -0.493 e. The molecule has 0 saturated heterocycles. The first-order valence-corrected chi connectivity index (χ1v) is 9.37. The van der Waals surface area contributed by atoms with E-state index in [2.05, 4.69) is 17.4 Å². The number of ether oxygens (including phenoxy) is 2. The molecular formula is C24H25NO3. The molecule has 144 valence electrons. The molecule has 4 nitrogen and oxygen atoms in total. The maximum atomic E-state index is 12.1. The summed E-state index contributed by atoms with van der Waals surface area (Å²) >= 11 is 0. The number of benzene rings is 3. The zero-order valence-electron chi connectivity index (χ0n) is 16.3. The van der Waals surface area contributed by atoms with Gasteiger partial charge in [0.1, 0.15) is 11.5 Å². The van der Waals surface area contributed by atoms with E-state index in [-0.39, 0.29) is 12.5 Å². The van der Waals surface area contributed by atoms with Gasteiger partial charge in [0.2, 0.25) is 0 Å². The van der Waals surface area contributed by atoms with Crippen molar-refractivity contribution in [3.05, 3.63) is 89.5 Å². The monoisotopic (exact) mass is 375 g/mol. The Labute approximate surface area is 166 Å². The Hall–Kier alpha value is -3.27. The van der Waals surface area contributed by atoms with Crippen LogP contribution in [0.3, 0.4) is 0 Å². The first kappa shape index (κ1) is 19.5. The van der Waals surface area contributed by atoms with Crippen LogP contribution in [0.1, 0.15) is 16.7 Å². The fraction of sp³-hybridized carbons (Fsp3) is 0.208. The molecule has 3 aromatic rings. The highest BCUT2D eigenvalue weighted by molar-refractivity contribution is 5.91. The first-order valence-electron chi connectivity index (χ1n) is 9.37. The number of amides is 1. The summed E-state index contributed by atoms with van der Waals surface area (Å²) in [7, 11) is 0. The lowest BCUT2D eigenvalue weighted by atomic mass is 10.1. The van der Waals surface area contributed by atoms with Crippen molar-refractivity contribution in [1.82, 2.24) is 0 Å². The minimum absolute atomic E-state index is 0.0282. The predicted molar refractivity (Wildman–Crippen MR) is 112 cm³/mol. The van der Waals surface area contributed by atoms with Crippen molar-refractivity contribution in [3.63, 3.8) is 0 Å². The Morgan fingerprint density at radius 1 is 0.857 bits per heavy atom. The molecule has 0 heterocycles. The summed E-state index contributed by atoms with van der Waals surface area (Å²) in [5.41, 5.74) is 4.15. The number of rotatable bonds is 8. The molecule has 1 amide bonds. The Morgan fingerprint density at radius 3 is 2.36 bits per heavy atom. The van der Waals surface area contributed by atoms with Crippen molar-refractivity contribution in [2.75, 3.05) is 18.5 Å². The van der Waals surface area contributed by atoms with Gasteiger partial charge in [0.15, 0.2) is 6.61 Å². The predicted octanol–water partition coefficient (Wildman–Crippen LogP) is 4.94. The first-order chi connectivity index (χ1) is 13.6. The van der Waals surface area contributed by atoms with E-state index in [4.69, 9.17) is 9.47 Å². The lowest BCUT2D eigenvalue weighted by Crippen LogP contribution is -2.20. The van der Waals surface area contributed by atoms with E-state index < -0.39 is 0 Å². The summed E-state index contributed by atoms with van der Waals surface area (Å²) in [6, 6.07) is 23.4. The largest absolute Gasteiger partial charge is 0.493 e. The molecule has 3 rings (SSSR count). The Kier molecular flexibility index (Phi) is 6.68. The van der Waals surface area contributed by atoms with E-state index in [1.807, 2.05) is 74.5 Å². The Balaban J connectivity index is 1.44. The molecule has 0 spiro atoms. The third kappa shape index (κ3) is 5.61. The SMILES string of the molecule is Cc1cccc(OCC(=O)Nc2ccc(OCCc3ccccc3)cc2)c1C. The van der Waals surface area contributed by atoms with Gasteiger partial charge in [-0.2, -0.15) is 0 Å². The molecule has 0 unspecified atom stereocenters. The van der Waals surface area contributed by atoms with Crippen molar-refractivity contribution < 1.29 is 14.3 Å². The van der Waals surface area contributed by atoms with Gasteiger partial charge < -0.3 is 14.8 Å². The van der Waals surface area contributed by atoms with Crippen LogP contribution in [-0.2, 0) is 11.2 Å². The summed E-state index contributed by atoms with van der Waals surface area (Å²) < 4.78 is 11.4. The molecule has 1 N–H and O–H groups in total. The van der Waals surface area contributed by atoms with Gasteiger partial charge in [0, 0.05) is 12.1 Å². The molecule has 0 aliphatic heterocycles. The van der Waals surface area contributed by atoms with Crippen LogP contribution in [0.25, 0.3) is 0 Å². The fourth-order valence-electron chi connectivity index (χ4n) is 2.79. The number of aryl methyl sites for hydroxylation is 1. The van der Waals surface area contributed by atoms with E-state index in [1.165, 1.54) is 5.56 Å². The maximum Gasteiger partial charge on any atom is 0.262 e. The van der Waals surface area contributed by atoms with Crippen LogP contribution in [-0.4, -0.2) is 19.1 Å². The van der Waals surface area contributed by atoms with E-state index in [1.54, 1.807) is 0 Å². The van der Waals surface area contributed by atoms with Crippen LogP contribution in [0.5, 0.6) is 11.5 Å². The van der Waals surface area contributed by atoms with Crippen LogP contribution in [0.2, 0.25) is 0 Å². The molecule has 0 aliphatic carbocycles. The number of hydrogen-bond donors (Lipinski definition) is 1. The second-order valence-corrected chi connectivity index (χ2v) is 6.64. The molecule has 28 heavy (non-hydrogen) atoms. The molecule has 0 bridgehead atoms. The van der Waals surface area contributed by atoms with Gasteiger partial charge in [-0.1, -0.05) is 42.5 Å². The molecule has 0 atom stereocenters. The van der Waals surface area contributed by atoms with Crippen LogP contribution in [0.15, 0.2) is 72.8 Å². The Morgan fingerprint density at radius 2 is 1.61 bits per heavy atom. The molecule has 0 aromatic heterocycles. The van der Waals surface area contributed by atoms with Gasteiger partial charge in [0.25, 0.3) is 5.91 Å². The van der Waals surface area contributed by atoms with Crippen molar-refractivity contribution in [1.29, 1.82) is 0 Å². The van der Waals surface area contributed by atoms with Gasteiger partial charge in [-0.05, 0) is 60.9 Å². The van der Waals surface area contributed by atoms with E-state index in [0.29, 0.717) is 12.3 Å². The quantitative estimate of drug-likeness (QED) is 0.606. The number of nitrogens with one attached hydrogen (secondary N) is 1. The summed E-state index contributed by atoms with van der Waals surface area (Å²) in [5, 5.41) is 2.84. The molecule has 0 radical (unpaired) electrons. The second-order valence-electron chi connectivity index (χ2n) is 6.64. The smallest absolute Gasteiger partial charge is 0.262 e. The van der Waals surface area contributed by atoms with Crippen LogP contribution >= 0.6 is 0 Å². The summed E-state index contributed by atoms with van der Waals surface area (Å²) in [6.45, 7) is 4.59. The normalized spacial score (nSPS) is 10.4. The van der Waals surface area contributed by atoms with Crippen molar-refractivity contribution in [2.45, 2.75) is 20.3 Å². The molecule has 0 saturated carbocycles. The number of carbonyl (C=O) groups excluding carboxylic acids is 1. The number of hydrogen-bond acceptors (Lipinski definition) is 3. The van der Waals surface area contributed by atoms with Crippen molar-refractivity contribution in [2.24, 2.45) is 0 Å². The zero-order valence-corrected chi connectivity index (χ0v) is 16.3. The lowest BCUT2D eigenvalue weighted by molar-refractivity contribution is -0.118. The van der Waals surface area contributed by atoms with E-state index >= 15 is 0 Å². The van der Waals surface area contributed by atoms with Crippen LogP contribution < -0.4 is 14.8 Å². The van der Waals surface area contributed by atoms with Gasteiger partial charge >= 0.3 is 0 Å². The average Bonchev–Trinajstić information content (AvgIpc) is 2.71. The summed E-state index contributed by atoms with van der Waals surface area (Å²) in [6.07, 6.45) is 0.856. The molecular weight excluding hydrogens is 350 g/mol. The molecule has 0 aliphatic rings. The van der Waals surface area contributed by atoms with E-state index in [0.717, 1.165) is 29.0 Å². The van der Waals surface area contributed by atoms with Gasteiger partial charge in [-0.15, -0.1) is 0 Å². The maximum absolute atomic E-state index is 12.1. The van der Waals surface area contributed by atoms with Gasteiger partial charge in [-0.25, -0.2) is 0 Å². The number of anilines is 1. The van der Waals surface area contributed by atoms with Crippen LogP contribution in [0, 0.1) is 13.8 Å². The molecule has 4 heteroatoms. The number of carbonyl (C=O) groups is 1. The van der Waals surface area contributed by atoms with Crippen molar-refractivity contribution in [3.8, 4) is 11.5 Å². The standard InChI is InChI=1S/C24H25NO3/c1-18-7-6-10-23(19(18)2)28-17-24(26)25-21-11-13-22(14-12-21)27-16-15-20-8-4-3-5-9-20/h3-14H,15-17H2,1-2H3,(H,25,26). The third-order valence-electron chi connectivity index (χ3n) is 4.55. The molecule has 0 fully saturated rings. The topological polar surface area (TPSA) is 47.6 Å². The average molecular weight is 375 g/mol. The van der Waals surface area contributed by atoms with Crippen molar-refractivity contribution >= 4 is 11.6 Å². The third-order valence-corrected chi connectivity index (χ3v) is 4.55. The minimum atomic E-state index is -0.196. The highest BCUT2D eigenvalue weighted by Crippen LogP contribution is 2.21. The van der Waals surface area contributed by atoms with E-state index in [9.17, 15) is 4.79 Å². The summed E-state index contributed by atoms with van der Waals surface area (Å²) in [5.74, 6) is 1.32. The van der Waals surface area contributed by atoms with Gasteiger partial charge in [0.05, 0.1) is 6.61 Å². The highest BCUT2D eigenvalue weighted by atomic mass is 16.5. The second kappa shape index (κ2) is 9.60. The highest BCUT2D eigenvalue weighted by Gasteiger charge is 2.07. The van der Waals surface area contributed by atoms with Crippen LogP contribution in [0.4, 0.5) is 5.69 Å². The Bertz CT molecular complexity index is 905. The van der Waals surface area contributed by atoms with Gasteiger partial charge in [-0.3, -0.25) is 4.79 Å².